The summed E-state index contributed by atoms with van der Waals surface area (Å²) in [6, 6.07) is 7.21. The zero-order valence-electron chi connectivity index (χ0n) is 9.14. The normalized spacial score (nSPS) is 11.2. The first-order valence-electron chi connectivity index (χ1n) is 4.96. The molecule has 5 heteroatoms. The summed E-state index contributed by atoms with van der Waals surface area (Å²) in [6.07, 6.45) is 1.53. The van der Waals surface area contributed by atoms with Crippen molar-refractivity contribution in [1.82, 2.24) is 4.57 Å². The highest BCUT2D eigenvalue weighted by molar-refractivity contribution is 8.14. The monoisotopic (exact) mass is 267 g/mol. The smallest absolute Gasteiger partial charge is 0.263 e. The number of aromatic nitrogens is 1. The lowest BCUT2D eigenvalue weighted by Crippen LogP contribution is -1.93. The molecule has 1 aromatic heterocycles. The van der Waals surface area contributed by atoms with Gasteiger partial charge in [0, 0.05) is 22.3 Å². The molecular formula is C12H10ClNO2S. The first-order valence-corrected chi connectivity index (χ1v) is 7.27. The van der Waals surface area contributed by atoms with Crippen LogP contribution in [0.4, 0.5) is 0 Å². The highest BCUT2D eigenvalue weighted by Gasteiger charge is 2.17. The quantitative estimate of drug-likeness (QED) is 0.620. The zero-order valence-corrected chi connectivity index (χ0v) is 10.7. The molecule has 0 atom stereocenters. The fourth-order valence-electron chi connectivity index (χ4n) is 1.70. The second-order valence-electron chi connectivity index (χ2n) is 3.50. The SMILES string of the molecule is CC#CCn1cc(S(=O)(=O)Cl)c2ccccc21. The van der Waals surface area contributed by atoms with Crippen LogP contribution in [0.1, 0.15) is 6.92 Å². The average Bonchev–Trinajstić information content (AvgIpc) is 2.65. The molecule has 0 unspecified atom stereocenters. The van der Waals surface area contributed by atoms with Crippen molar-refractivity contribution in [2.45, 2.75) is 18.4 Å². The number of benzene rings is 1. The van der Waals surface area contributed by atoms with Gasteiger partial charge in [0.2, 0.25) is 0 Å². The Balaban J connectivity index is 2.74. The maximum Gasteiger partial charge on any atom is 0.263 e. The number of hydrogen-bond donors (Lipinski definition) is 0. The summed E-state index contributed by atoms with van der Waals surface area (Å²) in [5.41, 5.74) is 0.814. The van der Waals surface area contributed by atoms with Crippen LogP contribution >= 0.6 is 10.7 Å². The molecule has 0 saturated carbocycles. The molecule has 0 aliphatic carbocycles. The molecule has 0 fully saturated rings. The summed E-state index contributed by atoms with van der Waals surface area (Å²) in [4.78, 5) is 0.132. The molecule has 0 amide bonds. The van der Waals surface area contributed by atoms with Crippen molar-refractivity contribution < 1.29 is 8.42 Å². The van der Waals surface area contributed by atoms with Crippen molar-refractivity contribution in [3.63, 3.8) is 0 Å². The molecular weight excluding hydrogens is 258 g/mol. The van der Waals surface area contributed by atoms with Crippen molar-refractivity contribution in [2.75, 3.05) is 0 Å². The Morgan fingerprint density at radius 3 is 2.71 bits per heavy atom. The van der Waals surface area contributed by atoms with Crippen molar-refractivity contribution in [2.24, 2.45) is 0 Å². The van der Waals surface area contributed by atoms with Crippen molar-refractivity contribution in [3.05, 3.63) is 30.5 Å². The third-order valence-corrected chi connectivity index (χ3v) is 3.79. The van der Waals surface area contributed by atoms with E-state index < -0.39 is 9.05 Å². The van der Waals surface area contributed by atoms with Crippen LogP contribution in [0.5, 0.6) is 0 Å². The van der Waals surface area contributed by atoms with Crippen LogP contribution in [0, 0.1) is 11.8 Å². The van der Waals surface area contributed by atoms with E-state index in [0.29, 0.717) is 11.9 Å². The van der Waals surface area contributed by atoms with E-state index in [4.69, 9.17) is 10.7 Å². The van der Waals surface area contributed by atoms with E-state index in [1.807, 2.05) is 12.1 Å². The number of para-hydroxylation sites is 1. The summed E-state index contributed by atoms with van der Waals surface area (Å²) < 4.78 is 24.7. The lowest BCUT2D eigenvalue weighted by molar-refractivity contribution is 0.610. The van der Waals surface area contributed by atoms with Crippen LogP contribution in [-0.2, 0) is 15.6 Å². The molecule has 0 bridgehead atoms. The highest BCUT2D eigenvalue weighted by atomic mass is 35.7. The van der Waals surface area contributed by atoms with Gasteiger partial charge in [0.25, 0.3) is 9.05 Å². The predicted molar refractivity (Wildman–Crippen MR) is 68.4 cm³/mol. The second kappa shape index (κ2) is 4.44. The average molecular weight is 268 g/mol. The predicted octanol–water partition coefficient (Wildman–Crippen LogP) is 2.59. The van der Waals surface area contributed by atoms with Gasteiger partial charge in [0.15, 0.2) is 0 Å². The molecule has 0 aliphatic rings. The second-order valence-corrected chi connectivity index (χ2v) is 6.04. The zero-order chi connectivity index (χ0) is 12.5. The molecule has 1 aromatic carbocycles. The van der Waals surface area contributed by atoms with Crippen molar-refractivity contribution in [3.8, 4) is 11.8 Å². The van der Waals surface area contributed by atoms with Crippen LogP contribution in [0.2, 0.25) is 0 Å². The minimum Gasteiger partial charge on any atom is -0.334 e. The van der Waals surface area contributed by atoms with E-state index in [0.717, 1.165) is 5.52 Å². The Kier molecular flexibility index (Phi) is 3.14. The first kappa shape index (κ1) is 12.0. The van der Waals surface area contributed by atoms with Crippen LogP contribution in [0.25, 0.3) is 10.9 Å². The minimum absolute atomic E-state index is 0.132. The molecule has 88 valence electrons. The van der Waals surface area contributed by atoms with E-state index >= 15 is 0 Å². The van der Waals surface area contributed by atoms with Gasteiger partial charge in [-0.05, 0) is 13.0 Å². The van der Waals surface area contributed by atoms with Gasteiger partial charge in [-0.3, -0.25) is 0 Å². The number of fused-ring (bicyclic) bond motifs is 1. The number of halogens is 1. The Bertz CT molecular complexity index is 720. The fourth-order valence-corrected chi connectivity index (χ4v) is 2.76. The standard InChI is InChI=1S/C12H10ClNO2S/c1-2-3-8-14-9-12(17(13,15)16)10-6-4-5-7-11(10)14/h4-7,9H,8H2,1H3. The topological polar surface area (TPSA) is 39.1 Å². The molecule has 0 radical (unpaired) electrons. The van der Waals surface area contributed by atoms with E-state index in [9.17, 15) is 8.42 Å². The van der Waals surface area contributed by atoms with E-state index in [-0.39, 0.29) is 4.90 Å². The Labute approximate surface area is 104 Å². The van der Waals surface area contributed by atoms with Crippen molar-refractivity contribution in [1.29, 1.82) is 0 Å². The van der Waals surface area contributed by atoms with Gasteiger partial charge < -0.3 is 4.57 Å². The maximum absolute atomic E-state index is 11.5. The van der Waals surface area contributed by atoms with Gasteiger partial charge in [-0.1, -0.05) is 24.1 Å². The van der Waals surface area contributed by atoms with Crippen molar-refractivity contribution >= 4 is 30.6 Å². The van der Waals surface area contributed by atoms with Gasteiger partial charge in [-0.2, -0.15) is 0 Å². The summed E-state index contributed by atoms with van der Waals surface area (Å²) in [5, 5.41) is 0.625. The molecule has 2 rings (SSSR count). The lowest BCUT2D eigenvalue weighted by Gasteiger charge is -1.97. The number of rotatable bonds is 2. The molecule has 1 heterocycles. The van der Waals surface area contributed by atoms with Crippen LogP contribution < -0.4 is 0 Å². The van der Waals surface area contributed by atoms with Gasteiger partial charge in [-0.15, -0.1) is 5.92 Å². The first-order chi connectivity index (χ1) is 8.04. The summed E-state index contributed by atoms with van der Waals surface area (Å²) in [5.74, 6) is 5.67. The Hall–Kier alpha value is -1.44. The number of hydrogen-bond acceptors (Lipinski definition) is 2. The van der Waals surface area contributed by atoms with Gasteiger partial charge in [0.1, 0.15) is 4.90 Å². The molecule has 0 aliphatic heterocycles. The molecule has 0 N–H and O–H groups in total. The Morgan fingerprint density at radius 1 is 1.35 bits per heavy atom. The van der Waals surface area contributed by atoms with E-state index in [1.165, 1.54) is 6.20 Å². The molecule has 0 saturated heterocycles. The molecule has 3 nitrogen and oxygen atoms in total. The van der Waals surface area contributed by atoms with Gasteiger partial charge in [0.05, 0.1) is 12.1 Å². The molecule has 2 aromatic rings. The van der Waals surface area contributed by atoms with Crippen LogP contribution in [-0.4, -0.2) is 13.0 Å². The summed E-state index contributed by atoms with van der Waals surface area (Å²) in [6.45, 7) is 2.19. The largest absolute Gasteiger partial charge is 0.334 e. The maximum atomic E-state index is 11.5. The highest BCUT2D eigenvalue weighted by Crippen LogP contribution is 2.27. The summed E-state index contributed by atoms with van der Waals surface area (Å²) in [7, 11) is 1.68. The molecule has 0 spiro atoms. The third kappa shape index (κ3) is 2.31. The van der Waals surface area contributed by atoms with E-state index in [2.05, 4.69) is 11.8 Å². The van der Waals surface area contributed by atoms with Gasteiger partial charge >= 0.3 is 0 Å². The number of nitrogens with zero attached hydrogens (tertiary/aromatic N) is 1. The van der Waals surface area contributed by atoms with Crippen LogP contribution in [0.15, 0.2) is 35.4 Å². The minimum atomic E-state index is -3.73. The van der Waals surface area contributed by atoms with E-state index in [1.54, 1.807) is 23.6 Å². The summed E-state index contributed by atoms with van der Waals surface area (Å²) >= 11 is 0. The third-order valence-electron chi connectivity index (χ3n) is 2.44. The van der Waals surface area contributed by atoms with Gasteiger partial charge in [-0.25, -0.2) is 8.42 Å². The Morgan fingerprint density at radius 2 is 2.06 bits per heavy atom. The lowest BCUT2D eigenvalue weighted by atomic mass is 10.2. The molecule has 17 heavy (non-hydrogen) atoms. The van der Waals surface area contributed by atoms with Crippen LogP contribution in [0.3, 0.4) is 0 Å². The fraction of sp³-hybridized carbons (Fsp3) is 0.167.